The fraction of sp³-hybridized carbons (Fsp3) is 0.333. The van der Waals surface area contributed by atoms with Gasteiger partial charge in [-0.1, -0.05) is 12.1 Å². The predicted molar refractivity (Wildman–Crippen MR) is 89.4 cm³/mol. The lowest BCUT2D eigenvalue weighted by Gasteiger charge is -2.25. The van der Waals surface area contributed by atoms with E-state index < -0.39 is 5.82 Å². The minimum Gasteiger partial charge on any atom is -0.481 e. The van der Waals surface area contributed by atoms with Crippen LogP contribution in [0.15, 0.2) is 42.6 Å². The number of anilines is 1. The zero-order chi connectivity index (χ0) is 16.9. The molecule has 1 aromatic carbocycles. The molecule has 1 aromatic heterocycles. The van der Waals surface area contributed by atoms with Crippen molar-refractivity contribution in [2.45, 2.75) is 18.9 Å². The number of benzene rings is 1. The van der Waals surface area contributed by atoms with E-state index in [0.29, 0.717) is 6.54 Å². The Morgan fingerprint density at radius 1 is 1.42 bits per heavy atom. The van der Waals surface area contributed by atoms with Gasteiger partial charge < -0.3 is 15.0 Å². The van der Waals surface area contributed by atoms with Gasteiger partial charge >= 0.3 is 0 Å². The lowest BCUT2D eigenvalue weighted by Crippen LogP contribution is -2.34. The summed E-state index contributed by atoms with van der Waals surface area (Å²) in [5, 5.41) is 3.01. The van der Waals surface area contributed by atoms with E-state index in [0.717, 1.165) is 24.2 Å². The van der Waals surface area contributed by atoms with Crippen LogP contribution in [-0.4, -0.2) is 36.0 Å². The molecule has 1 aliphatic heterocycles. The van der Waals surface area contributed by atoms with Gasteiger partial charge in [0.15, 0.2) is 18.2 Å². The molecule has 0 radical (unpaired) electrons. The number of hydrogen-bond donors (Lipinski definition) is 1. The molecule has 0 bridgehead atoms. The molecule has 5 nitrogen and oxygen atoms in total. The van der Waals surface area contributed by atoms with E-state index in [2.05, 4.69) is 10.3 Å². The lowest BCUT2D eigenvalue weighted by atomic mass is 10.1. The van der Waals surface area contributed by atoms with Crippen molar-refractivity contribution in [2.24, 2.45) is 0 Å². The number of aromatic nitrogens is 1. The number of carbonyl (C=O) groups is 1. The van der Waals surface area contributed by atoms with E-state index in [1.165, 1.54) is 12.1 Å². The Kier molecular flexibility index (Phi) is 4.93. The number of hydrogen-bond acceptors (Lipinski definition) is 4. The first-order valence-electron chi connectivity index (χ1n) is 7.99. The van der Waals surface area contributed by atoms with E-state index in [1.807, 2.05) is 19.2 Å². The number of halogens is 1. The van der Waals surface area contributed by atoms with Gasteiger partial charge in [-0.15, -0.1) is 0 Å². The molecule has 0 saturated carbocycles. The average molecular weight is 329 g/mol. The number of nitrogens with zero attached hydrogens (tertiary/aromatic N) is 2. The molecule has 2 aromatic rings. The first-order valence-corrected chi connectivity index (χ1v) is 7.99. The predicted octanol–water partition coefficient (Wildman–Crippen LogP) is 3.00. The van der Waals surface area contributed by atoms with Crippen molar-refractivity contribution in [3.63, 3.8) is 0 Å². The maximum absolute atomic E-state index is 13.6. The van der Waals surface area contributed by atoms with Gasteiger partial charge in [-0.2, -0.15) is 0 Å². The zero-order valence-corrected chi connectivity index (χ0v) is 13.5. The van der Waals surface area contributed by atoms with Crippen LogP contribution in [0.4, 0.5) is 10.2 Å². The molecule has 1 aliphatic rings. The van der Waals surface area contributed by atoms with Crippen LogP contribution in [0, 0.1) is 5.82 Å². The minimum absolute atomic E-state index is 0.0109. The summed E-state index contributed by atoms with van der Waals surface area (Å²) in [6, 6.07) is 9.99. The molecule has 0 aliphatic carbocycles. The van der Waals surface area contributed by atoms with Crippen LogP contribution in [0.5, 0.6) is 5.75 Å². The normalized spacial score (nSPS) is 16.9. The summed E-state index contributed by atoms with van der Waals surface area (Å²) in [5.41, 5.74) is 1.05. The topological polar surface area (TPSA) is 54.5 Å². The van der Waals surface area contributed by atoms with Gasteiger partial charge in [0.2, 0.25) is 0 Å². The second-order valence-electron chi connectivity index (χ2n) is 5.69. The number of likely N-dealkylation sites (tertiary alicyclic amines) is 1. The van der Waals surface area contributed by atoms with Crippen molar-refractivity contribution in [3.05, 3.63) is 54.0 Å². The van der Waals surface area contributed by atoms with Crippen LogP contribution in [0.2, 0.25) is 0 Å². The van der Waals surface area contributed by atoms with Crippen LogP contribution in [0.1, 0.15) is 24.4 Å². The fourth-order valence-corrected chi connectivity index (χ4v) is 2.99. The highest BCUT2D eigenvalue weighted by molar-refractivity contribution is 5.78. The molecule has 0 spiro atoms. The van der Waals surface area contributed by atoms with Gasteiger partial charge in [0.1, 0.15) is 5.82 Å². The Hall–Kier alpha value is -2.63. The largest absolute Gasteiger partial charge is 0.481 e. The van der Waals surface area contributed by atoms with Gasteiger partial charge in [-0.25, -0.2) is 9.37 Å². The maximum Gasteiger partial charge on any atom is 0.261 e. The smallest absolute Gasteiger partial charge is 0.261 e. The highest BCUT2D eigenvalue weighted by atomic mass is 19.1. The van der Waals surface area contributed by atoms with Crippen LogP contribution in [-0.2, 0) is 4.79 Å². The van der Waals surface area contributed by atoms with Crippen LogP contribution in [0.3, 0.4) is 0 Å². The number of para-hydroxylation sites is 1. The fourth-order valence-electron chi connectivity index (χ4n) is 2.99. The maximum atomic E-state index is 13.6. The van der Waals surface area contributed by atoms with Crippen molar-refractivity contribution in [2.75, 3.05) is 25.5 Å². The Balaban J connectivity index is 1.68. The average Bonchev–Trinajstić information content (AvgIpc) is 3.11. The number of rotatable bonds is 5. The number of amides is 1. The quantitative estimate of drug-likeness (QED) is 0.916. The van der Waals surface area contributed by atoms with E-state index in [-0.39, 0.29) is 24.3 Å². The van der Waals surface area contributed by atoms with Crippen molar-refractivity contribution in [3.8, 4) is 5.75 Å². The van der Waals surface area contributed by atoms with Crippen molar-refractivity contribution >= 4 is 11.7 Å². The number of carbonyl (C=O) groups excluding carboxylic acids is 1. The number of pyridine rings is 1. The summed E-state index contributed by atoms with van der Waals surface area (Å²) in [6.45, 7) is 0.517. The molecule has 126 valence electrons. The van der Waals surface area contributed by atoms with Gasteiger partial charge in [0, 0.05) is 19.8 Å². The van der Waals surface area contributed by atoms with Gasteiger partial charge in [-0.05, 0) is 42.7 Å². The summed E-state index contributed by atoms with van der Waals surface area (Å²) in [7, 11) is 1.81. The third-order valence-corrected chi connectivity index (χ3v) is 4.19. The summed E-state index contributed by atoms with van der Waals surface area (Å²) in [4.78, 5) is 18.5. The Bertz CT molecular complexity index is 723. The van der Waals surface area contributed by atoms with E-state index in [1.54, 1.807) is 23.2 Å². The molecule has 1 unspecified atom stereocenters. The van der Waals surface area contributed by atoms with Gasteiger partial charge in [0.25, 0.3) is 5.91 Å². The molecule has 1 N–H and O–H groups in total. The molecule has 1 amide bonds. The molecule has 1 fully saturated rings. The second kappa shape index (κ2) is 7.29. The van der Waals surface area contributed by atoms with Crippen molar-refractivity contribution in [1.29, 1.82) is 0 Å². The third-order valence-electron chi connectivity index (χ3n) is 4.19. The Morgan fingerprint density at radius 3 is 3.04 bits per heavy atom. The lowest BCUT2D eigenvalue weighted by molar-refractivity contribution is -0.134. The van der Waals surface area contributed by atoms with E-state index >= 15 is 0 Å². The van der Waals surface area contributed by atoms with Gasteiger partial charge in [-0.3, -0.25) is 4.79 Å². The van der Waals surface area contributed by atoms with E-state index in [9.17, 15) is 9.18 Å². The van der Waals surface area contributed by atoms with Crippen LogP contribution >= 0.6 is 0 Å². The zero-order valence-electron chi connectivity index (χ0n) is 13.5. The molecular formula is C18H20FN3O2. The third kappa shape index (κ3) is 3.48. The summed E-state index contributed by atoms with van der Waals surface area (Å²) in [5.74, 6) is 0.275. The van der Waals surface area contributed by atoms with Crippen LogP contribution < -0.4 is 10.1 Å². The molecular weight excluding hydrogens is 309 g/mol. The number of nitrogens with one attached hydrogen (secondary N) is 1. The molecule has 6 heteroatoms. The molecule has 1 saturated heterocycles. The Morgan fingerprint density at radius 2 is 2.25 bits per heavy atom. The SMILES string of the molecule is CNc1cc(C2CCCN2C(=O)COc2ccccc2F)ccn1. The van der Waals surface area contributed by atoms with Crippen LogP contribution in [0.25, 0.3) is 0 Å². The summed E-state index contributed by atoms with van der Waals surface area (Å²) >= 11 is 0. The molecule has 2 heterocycles. The van der Waals surface area contributed by atoms with Crippen molar-refractivity contribution in [1.82, 2.24) is 9.88 Å². The van der Waals surface area contributed by atoms with Gasteiger partial charge in [0.05, 0.1) is 6.04 Å². The monoisotopic (exact) mass is 329 g/mol. The van der Waals surface area contributed by atoms with E-state index in [4.69, 9.17) is 4.74 Å². The number of ether oxygens (including phenoxy) is 1. The summed E-state index contributed by atoms with van der Waals surface area (Å²) in [6.07, 6.45) is 3.57. The second-order valence-corrected chi connectivity index (χ2v) is 5.69. The van der Waals surface area contributed by atoms with Crippen molar-refractivity contribution < 1.29 is 13.9 Å². The Labute approximate surface area is 140 Å². The first-order chi connectivity index (χ1) is 11.7. The highest BCUT2D eigenvalue weighted by Gasteiger charge is 2.30. The summed E-state index contributed by atoms with van der Waals surface area (Å²) < 4.78 is 18.9. The standard InChI is InChI=1S/C18H20FN3O2/c1-20-17-11-13(8-9-21-17)15-6-4-10-22(15)18(23)12-24-16-7-3-2-5-14(16)19/h2-3,5,7-9,11,15H,4,6,10,12H2,1H3,(H,20,21). The molecule has 1 atom stereocenters. The minimum atomic E-state index is -0.462. The molecule has 3 rings (SSSR count). The first kappa shape index (κ1) is 16.2. The molecule has 24 heavy (non-hydrogen) atoms. The highest BCUT2D eigenvalue weighted by Crippen LogP contribution is 2.32.